The number of rotatable bonds is 4. The molecule has 0 spiro atoms. The summed E-state index contributed by atoms with van der Waals surface area (Å²) >= 11 is 0. The molecular weight excluding hydrogens is 435 g/mol. The maximum atomic E-state index is 13.4. The second-order valence-corrected chi connectivity index (χ2v) is 11.0. The largest absolute Gasteiger partial charge is 1.00 e. The zero-order valence-corrected chi connectivity index (χ0v) is 21.0. The first-order valence-corrected chi connectivity index (χ1v) is 11.8. The molecule has 0 heterocycles. The fourth-order valence-electron chi connectivity index (χ4n) is 7.09. The fourth-order valence-corrected chi connectivity index (χ4v) is 7.35. The van der Waals surface area contributed by atoms with Gasteiger partial charge in [0.15, 0.2) is 11.6 Å². The fraction of sp³-hybridized carbons (Fsp3) is 0.762. The smallest absolute Gasteiger partial charge is 0.381 e. The monoisotopic (exact) mass is 463 g/mol. The van der Waals surface area contributed by atoms with Gasteiger partial charge in [0.2, 0.25) is 0 Å². The van der Waals surface area contributed by atoms with E-state index in [0.717, 1.165) is 18.4 Å². The number of carbonyl (C=O) groups is 3. The number of aliphatic hydroxyl groups is 1. The molecule has 166 valence electrons. The molecule has 0 aromatic carbocycles. The van der Waals surface area contributed by atoms with E-state index in [2.05, 4.69) is 11.1 Å². The molecule has 6 atom stereocenters. The molecule has 0 bridgehead atoms. The number of fused-ring (bicyclic) bond motifs is 5. The number of ketones is 3. The van der Waals surface area contributed by atoms with E-state index >= 15 is 0 Å². The number of hydrogen-bond acceptors (Lipinski definition) is 7. The minimum atomic E-state index is -4.81. The molecule has 0 aliphatic heterocycles. The van der Waals surface area contributed by atoms with Gasteiger partial charge in [0, 0.05) is 24.2 Å². The van der Waals surface area contributed by atoms with E-state index in [9.17, 15) is 27.9 Å². The molecule has 3 saturated carbocycles. The summed E-state index contributed by atoms with van der Waals surface area (Å²) in [5, 5.41) is 11.3. The minimum Gasteiger partial charge on any atom is -0.381 e. The first-order valence-electron chi connectivity index (χ1n) is 10.5. The van der Waals surface area contributed by atoms with Gasteiger partial charge in [-0.3, -0.25) is 18.9 Å². The Morgan fingerprint density at radius 3 is 2.52 bits per heavy atom. The molecule has 8 nitrogen and oxygen atoms in total. The molecule has 31 heavy (non-hydrogen) atoms. The first-order chi connectivity index (χ1) is 13.8. The molecular formula is C21H28NaO8S+. The summed E-state index contributed by atoms with van der Waals surface area (Å²) in [6.07, 6.45) is 4.90. The van der Waals surface area contributed by atoms with E-state index in [1.54, 1.807) is 13.0 Å². The van der Waals surface area contributed by atoms with Gasteiger partial charge in [-0.05, 0) is 55.4 Å². The van der Waals surface area contributed by atoms with Crippen molar-refractivity contribution in [1.82, 2.24) is 0 Å². The average molecular weight is 464 g/mol. The maximum absolute atomic E-state index is 13.4. The van der Waals surface area contributed by atoms with Crippen molar-refractivity contribution in [2.75, 3.05) is 6.61 Å². The maximum Gasteiger partial charge on any atom is 1.00 e. The van der Waals surface area contributed by atoms with Crippen LogP contribution in [0.3, 0.4) is 0 Å². The van der Waals surface area contributed by atoms with Gasteiger partial charge in [0.05, 0.1) is 0 Å². The van der Waals surface area contributed by atoms with Gasteiger partial charge in [0.1, 0.15) is 18.0 Å². The summed E-state index contributed by atoms with van der Waals surface area (Å²) in [6.45, 7) is 2.84. The third-order valence-electron chi connectivity index (χ3n) is 8.61. The summed E-state index contributed by atoms with van der Waals surface area (Å²) < 4.78 is 34.7. The van der Waals surface area contributed by atoms with Crippen LogP contribution in [-0.2, 0) is 29.0 Å². The third kappa shape index (κ3) is 3.84. The predicted octanol–water partition coefficient (Wildman–Crippen LogP) is -1.18. The second-order valence-electron chi connectivity index (χ2n) is 9.91. The molecule has 0 unspecified atom stereocenters. The van der Waals surface area contributed by atoms with Crippen LogP contribution in [-0.4, -0.2) is 47.6 Å². The summed E-state index contributed by atoms with van der Waals surface area (Å²) in [4.78, 5) is 38.1. The molecule has 0 aromatic rings. The Morgan fingerprint density at radius 2 is 1.87 bits per heavy atom. The molecule has 0 aromatic heterocycles. The Hall–Kier alpha value is -0.420. The number of carbonyl (C=O) groups excluding carboxylic acids is 3. The van der Waals surface area contributed by atoms with Gasteiger partial charge in [0.25, 0.3) is 0 Å². The van der Waals surface area contributed by atoms with E-state index in [1.165, 1.54) is 0 Å². The van der Waals surface area contributed by atoms with Gasteiger partial charge < -0.3 is 5.11 Å². The van der Waals surface area contributed by atoms with Gasteiger partial charge in [-0.15, -0.1) is 0 Å². The van der Waals surface area contributed by atoms with Crippen LogP contribution in [0, 0.1) is 28.6 Å². The Balaban J connectivity index is 0.00000272. The van der Waals surface area contributed by atoms with Crippen molar-refractivity contribution in [3.05, 3.63) is 11.6 Å². The average Bonchev–Trinajstić information content (AvgIpc) is 2.91. The van der Waals surface area contributed by atoms with E-state index < -0.39 is 33.8 Å². The van der Waals surface area contributed by atoms with Crippen molar-refractivity contribution in [2.24, 2.45) is 28.6 Å². The van der Waals surface area contributed by atoms with Gasteiger partial charge in [-0.2, -0.15) is 8.42 Å². The van der Waals surface area contributed by atoms with Crippen molar-refractivity contribution in [1.29, 1.82) is 0 Å². The van der Waals surface area contributed by atoms with E-state index in [4.69, 9.17) is 4.55 Å². The zero-order valence-electron chi connectivity index (χ0n) is 18.2. The summed E-state index contributed by atoms with van der Waals surface area (Å²) in [7, 11) is -4.81. The number of allylic oxidation sites excluding steroid dienone is 1. The van der Waals surface area contributed by atoms with Crippen molar-refractivity contribution in [3.8, 4) is 0 Å². The van der Waals surface area contributed by atoms with Crippen LogP contribution in [0.5, 0.6) is 0 Å². The second kappa shape index (κ2) is 8.11. The van der Waals surface area contributed by atoms with Crippen LogP contribution in [0.2, 0.25) is 0 Å². The van der Waals surface area contributed by atoms with Crippen molar-refractivity contribution in [3.63, 3.8) is 0 Å². The first kappa shape index (κ1) is 25.2. The predicted molar refractivity (Wildman–Crippen MR) is 105 cm³/mol. The standard InChI is InChI=1S/C21H28O8S.Na/c1-19-7-5-13(22)9-12(19)3-4-14-15-6-8-21(25,17(24)11-29-30(26,27)28)20(15,2)10-16(23)18(14)19;/h9,14-15,18,25H,3-8,10-11H2,1-2H3,(H,26,27,28);/q;+1/t14-,15-,18+,19-,20-,21-;/m0./s1. The van der Waals surface area contributed by atoms with Crippen LogP contribution in [0.4, 0.5) is 0 Å². The molecule has 3 fully saturated rings. The van der Waals surface area contributed by atoms with Crippen molar-refractivity contribution < 1.29 is 66.2 Å². The number of Topliss-reactive ketones (excluding diaryl/α,β-unsaturated/α-hetero) is 2. The molecule has 4 aliphatic rings. The topological polar surface area (TPSA) is 135 Å². The molecule has 0 radical (unpaired) electrons. The van der Waals surface area contributed by atoms with Crippen molar-refractivity contribution in [2.45, 2.75) is 64.4 Å². The number of hydrogen-bond donors (Lipinski definition) is 2. The minimum absolute atomic E-state index is 0. The molecule has 2 N–H and O–H groups in total. The van der Waals surface area contributed by atoms with Crippen LogP contribution in [0.15, 0.2) is 11.6 Å². The van der Waals surface area contributed by atoms with Crippen LogP contribution in [0.1, 0.15) is 58.8 Å². The quantitative estimate of drug-likeness (QED) is 0.393. The van der Waals surface area contributed by atoms with E-state index in [0.29, 0.717) is 19.3 Å². The van der Waals surface area contributed by atoms with Gasteiger partial charge >= 0.3 is 40.0 Å². The van der Waals surface area contributed by atoms with Gasteiger partial charge in [-0.25, -0.2) is 4.18 Å². The normalized spacial score (nSPS) is 42.1. The Bertz CT molecular complexity index is 958. The van der Waals surface area contributed by atoms with Crippen LogP contribution < -0.4 is 29.6 Å². The SMILES string of the molecule is C[C@]12CCC(=O)C=C1CC[C@@H]1[C@@H]2C(=O)C[C@@]2(C)[C@H]1CC[C@]2(O)C(=O)COS(=O)(=O)O.[Na+]. The molecule has 10 heteroatoms. The third-order valence-corrected chi connectivity index (χ3v) is 9.02. The van der Waals surface area contributed by atoms with Crippen LogP contribution >= 0.6 is 0 Å². The Kier molecular flexibility index (Phi) is 6.60. The Morgan fingerprint density at radius 1 is 1.19 bits per heavy atom. The van der Waals surface area contributed by atoms with Gasteiger partial charge in [-0.1, -0.05) is 19.4 Å². The summed E-state index contributed by atoms with van der Waals surface area (Å²) in [5.74, 6) is -1.05. The molecule has 0 amide bonds. The molecule has 0 saturated heterocycles. The van der Waals surface area contributed by atoms with Crippen LogP contribution in [0.25, 0.3) is 0 Å². The zero-order chi connectivity index (χ0) is 22.1. The molecule has 4 rings (SSSR count). The summed E-state index contributed by atoms with van der Waals surface area (Å²) in [6, 6.07) is 0. The van der Waals surface area contributed by atoms with Crippen molar-refractivity contribution >= 4 is 27.7 Å². The Labute approximate surface area is 204 Å². The van der Waals surface area contributed by atoms with E-state index in [-0.39, 0.29) is 77.1 Å². The summed E-state index contributed by atoms with van der Waals surface area (Å²) in [5.41, 5.74) is -2.23. The molecule has 4 aliphatic carbocycles. The van der Waals surface area contributed by atoms with E-state index in [1.807, 2.05) is 0 Å².